The van der Waals surface area contributed by atoms with E-state index in [1.165, 1.54) is 36.4 Å². The third kappa shape index (κ3) is 2.85. The third-order valence-electron chi connectivity index (χ3n) is 6.52. The van der Waals surface area contributed by atoms with Gasteiger partial charge in [0.15, 0.2) is 23.2 Å². The molecule has 3 aliphatic heterocycles. The summed E-state index contributed by atoms with van der Waals surface area (Å²) in [5, 5.41) is 0. The van der Waals surface area contributed by atoms with E-state index in [1.54, 1.807) is 12.1 Å². The summed E-state index contributed by atoms with van der Waals surface area (Å²) in [6, 6.07) is 11.7. The van der Waals surface area contributed by atoms with Gasteiger partial charge in [-0.2, -0.15) is 4.39 Å². The van der Waals surface area contributed by atoms with E-state index in [0.717, 1.165) is 0 Å². The van der Waals surface area contributed by atoms with Crippen molar-refractivity contribution in [2.75, 3.05) is 0 Å². The van der Waals surface area contributed by atoms with Crippen LogP contribution in [0.3, 0.4) is 0 Å². The maximum atomic E-state index is 15.2. The number of esters is 2. The third-order valence-corrected chi connectivity index (χ3v) is 6.52. The fourth-order valence-corrected chi connectivity index (χ4v) is 5.01. The maximum absolute atomic E-state index is 15.2. The van der Waals surface area contributed by atoms with E-state index in [9.17, 15) is 27.6 Å². The van der Waals surface area contributed by atoms with Crippen LogP contribution in [-0.2, 0) is 9.59 Å². The summed E-state index contributed by atoms with van der Waals surface area (Å²) < 4.78 is 74.8. The standard InChI is InChI=1S/C25H12F4O6/c26-17-14-13(15-21(30)9-5-1-3-7-11(9)33-24(15)31)16-22(35-23(14)20(29)19(28)18(17)27)10-6-2-4-8-12(10)34-25(16)32/h1-8,13,15-16,22H. The highest BCUT2D eigenvalue weighted by Crippen LogP contribution is 2.56. The fraction of sp³-hybridized carbons (Fsp3) is 0.160. The number of benzene rings is 3. The van der Waals surface area contributed by atoms with Crippen LogP contribution >= 0.6 is 0 Å². The van der Waals surface area contributed by atoms with Crippen molar-refractivity contribution in [1.29, 1.82) is 0 Å². The van der Waals surface area contributed by atoms with Gasteiger partial charge in [0.1, 0.15) is 29.4 Å². The zero-order chi connectivity index (χ0) is 24.6. The van der Waals surface area contributed by atoms with E-state index in [0.29, 0.717) is 0 Å². The van der Waals surface area contributed by atoms with Crippen LogP contribution in [-0.4, -0.2) is 17.7 Å². The molecule has 10 heteroatoms. The van der Waals surface area contributed by atoms with Crippen LogP contribution in [0.1, 0.15) is 33.5 Å². The summed E-state index contributed by atoms with van der Waals surface area (Å²) in [5.41, 5.74) is -0.780. The molecule has 3 heterocycles. The van der Waals surface area contributed by atoms with Gasteiger partial charge in [-0.05, 0) is 18.2 Å². The highest BCUT2D eigenvalue weighted by Gasteiger charge is 2.58. The van der Waals surface area contributed by atoms with E-state index in [2.05, 4.69) is 0 Å². The SMILES string of the molecule is O=C1Oc2ccccc2C(=O)C1C1c2c(F)c(F)c(F)c(F)c2OC2c3ccccc3OC(=O)C21. The lowest BCUT2D eigenvalue weighted by Gasteiger charge is -2.43. The smallest absolute Gasteiger partial charge is 0.322 e. The quantitative estimate of drug-likeness (QED) is 0.127. The summed E-state index contributed by atoms with van der Waals surface area (Å²) in [7, 11) is 0. The second-order valence-corrected chi connectivity index (χ2v) is 8.31. The normalized spacial score (nSPS) is 24.3. The molecule has 176 valence electrons. The number of Topliss-reactive ketones (excluding diaryl/α,β-unsaturated/α-hetero) is 1. The van der Waals surface area contributed by atoms with Crippen molar-refractivity contribution in [1.82, 2.24) is 0 Å². The minimum absolute atomic E-state index is 0.0465. The van der Waals surface area contributed by atoms with E-state index < -0.39 is 76.2 Å². The van der Waals surface area contributed by atoms with Crippen molar-refractivity contribution >= 4 is 17.7 Å². The number of para-hydroxylation sites is 2. The fourth-order valence-electron chi connectivity index (χ4n) is 5.01. The molecule has 0 amide bonds. The predicted octanol–water partition coefficient (Wildman–Crippen LogP) is 4.41. The number of rotatable bonds is 1. The number of hydrogen-bond donors (Lipinski definition) is 0. The van der Waals surface area contributed by atoms with Crippen molar-refractivity contribution in [3.63, 3.8) is 0 Å². The number of ketones is 1. The first-order valence-electron chi connectivity index (χ1n) is 10.5. The highest BCUT2D eigenvalue weighted by molar-refractivity contribution is 6.14. The molecule has 0 aliphatic carbocycles. The zero-order valence-corrected chi connectivity index (χ0v) is 17.4. The Hall–Kier alpha value is -4.21. The first kappa shape index (κ1) is 21.3. The lowest BCUT2D eigenvalue weighted by molar-refractivity contribution is -0.150. The Bertz CT molecular complexity index is 1470. The Balaban J connectivity index is 1.63. The van der Waals surface area contributed by atoms with Crippen molar-refractivity contribution in [2.24, 2.45) is 11.8 Å². The molecule has 0 bridgehead atoms. The van der Waals surface area contributed by atoms with Crippen molar-refractivity contribution < 1.29 is 46.2 Å². The van der Waals surface area contributed by atoms with E-state index in [-0.39, 0.29) is 22.6 Å². The summed E-state index contributed by atoms with van der Waals surface area (Å²) >= 11 is 0. The molecule has 0 N–H and O–H groups in total. The highest BCUT2D eigenvalue weighted by atomic mass is 19.2. The monoisotopic (exact) mass is 484 g/mol. The topological polar surface area (TPSA) is 78.9 Å². The number of hydrogen-bond acceptors (Lipinski definition) is 6. The minimum atomic E-state index is -2.17. The Morgan fingerprint density at radius 1 is 0.657 bits per heavy atom. The molecule has 0 radical (unpaired) electrons. The number of fused-ring (bicyclic) bond motifs is 5. The molecule has 0 aromatic heterocycles. The molecule has 0 saturated heterocycles. The van der Waals surface area contributed by atoms with Crippen LogP contribution in [0.15, 0.2) is 48.5 Å². The molecule has 4 atom stereocenters. The Morgan fingerprint density at radius 3 is 2.06 bits per heavy atom. The minimum Gasteiger partial charge on any atom is -0.481 e. The summed E-state index contributed by atoms with van der Waals surface area (Å²) in [5.74, 6) is -17.4. The summed E-state index contributed by atoms with van der Waals surface area (Å²) in [6.07, 6.45) is -1.39. The Morgan fingerprint density at radius 2 is 1.29 bits per heavy atom. The number of carbonyl (C=O) groups excluding carboxylic acids is 3. The van der Waals surface area contributed by atoms with Crippen LogP contribution < -0.4 is 14.2 Å². The van der Waals surface area contributed by atoms with E-state index >= 15 is 4.39 Å². The molecule has 3 aromatic rings. The van der Waals surface area contributed by atoms with Gasteiger partial charge in [-0.3, -0.25) is 14.4 Å². The number of carbonyl (C=O) groups is 3. The molecular weight excluding hydrogens is 472 g/mol. The number of ether oxygens (including phenoxy) is 3. The zero-order valence-electron chi connectivity index (χ0n) is 17.4. The molecule has 3 aromatic carbocycles. The van der Waals surface area contributed by atoms with Crippen LogP contribution in [0.5, 0.6) is 17.2 Å². The molecule has 0 spiro atoms. The van der Waals surface area contributed by atoms with E-state index in [4.69, 9.17) is 14.2 Å². The average Bonchev–Trinajstić information content (AvgIpc) is 2.85. The Labute approximate surface area is 194 Å². The second-order valence-electron chi connectivity index (χ2n) is 8.31. The first-order valence-corrected chi connectivity index (χ1v) is 10.5. The van der Waals surface area contributed by atoms with Crippen LogP contribution in [0, 0.1) is 35.1 Å². The van der Waals surface area contributed by atoms with E-state index in [1.807, 2.05) is 0 Å². The molecule has 6 rings (SSSR count). The van der Waals surface area contributed by atoms with Gasteiger partial charge in [-0.15, -0.1) is 0 Å². The van der Waals surface area contributed by atoms with Gasteiger partial charge >= 0.3 is 11.9 Å². The molecular formula is C25H12F4O6. The van der Waals surface area contributed by atoms with Gasteiger partial charge in [0, 0.05) is 17.0 Å². The van der Waals surface area contributed by atoms with Crippen LogP contribution in [0.25, 0.3) is 0 Å². The summed E-state index contributed by atoms with van der Waals surface area (Å²) in [4.78, 5) is 39.6. The van der Waals surface area contributed by atoms with Gasteiger partial charge in [-0.1, -0.05) is 30.3 Å². The van der Waals surface area contributed by atoms with Gasteiger partial charge < -0.3 is 14.2 Å². The predicted molar refractivity (Wildman–Crippen MR) is 108 cm³/mol. The number of halogens is 4. The summed E-state index contributed by atoms with van der Waals surface area (Å²) in [6.45, 7) is 0. The van der Waals surface area contributed by atoms with Crippen LogP contribution in [0.2, 0.25) is 0 Å². The first-order chi connectivity index (χ1) is 16.8. The van der Waals surface area contributed by atoms with Gasteiger partial charge in [0.2, 0.25) is 11.6 Å². The van der Waals surface area contributed by atoms with Gasteiger partial charge in [0.05, 0.1) is 5.56 Å². The van der Waals surface area contributed by atoms with Crippen LogP contribution in [0.4, 0.5) is 17.6 Å². The van der Waals surface area contributed by atoms with Crippen molar-refractivity contribution in [2.45, 2.75) is 12.0 Å². The lowest BCUT2D eigenvalue weighted by atomic mass is 9.67. The molecule has 3 aliphatic rings. The largest absolute Gasteiger partial charge is 0.481 e. The molecule has 35 heavy (non-hydrogen) atoms. The van der Waals surface area contributed by atoms with Crippen molar-refractivity contribution in [3.05, 3.63) is 88.5 Å². The van der Waals surface area contributed by atoms with Gasteiger partial charge in [-0.25, -0.2) is 13.2 Å². The molecule has 0 fully saturated rings. The van der Waals surface area contributed by atoms with Crippen molar-refractivity contribution in [3.8, 4) is 17.2 Å². The maximum Gasteiger partial charge on any atom is 0.322 e. The molecule has 6 nitrogen and oxygen atoms in total. The average molecular weight is 484 g/mol. The lowest BCUT2D eigenvalue weighted by Crippen LogP contribution is -2.49. The van der Waals surface area contributed by atoms with Gasteiger partial charge in [0.25, 0.3) is 0 Å². The molecule has 0 saturated carbocycles. The second kappa shape index (κ2) is 7.39. The Kier molecular flexibility index (Phi) is 4.51. The molecule has 4 unspecified atom stereocenters.